The van der Waals surface area contributed by atoms with E-state index in [0.29, 0.717) is 6.26 Å². The summed E-state index contributed by atoms with van der Waals surface area (Å²) >= 11 is 0. The topological polar surface area (TPSA) is 60.4 Å². The molecule has 0 atom stereocenters. The van der Waals surface area contributed by atoms with Crippen molar-refractivity contribution in [2.75, 3.05) is 6.26 Å². The molecule has 0 aliphatic heterocycles. The molecule has 0 unspecified atom stereocenters. The van der Waals surface area contributed by atoms with Crippen LogP contribution in [0.25, 0.3) is 0 Å². The van der Waals surface area contributed by atoms with Crippen molar-refractivity contribution in [3.05, 3.63) is 6.26 Å². The monoisotopic (exact) mass is 110 g/mol. The zero-order valence-corrected chi connectivity index (χ0v) is 4.20. The number of sulfone groups is 1. The smallest absolute Gasteiger partial charge is 0.140 e. The van der Waals surface area contributed by atoms with E-state index in [4.69, 9.17) is 4.55 Å². The molecule has 4 heteroatoms. The molecule has 0 heterocycles. The Morgan fingerprint density at radius 1 is 2.00 bits per heavy atom. The highest BCUT2D eigenvalue weighted by Crippen LogP contribution is 2.03. The highest BCUT2D eigenvalue weighted by molar-refractivity contribution is 8.10. The van der Waals surface area contributed by atoms with Gasteiger partial charge in [0.2, 0.25) is 0 Å². The van der Waals surface area contributed by atoms with Crippen molar-refractivity contribution < 1.29 is 13.3 Å². The maximum absolute atomic E-state index is 9.68. The van der Waals surface area contributed by atoms with Crippen molar-refractivity contribution in [3.63, 3.8) is 0 Å². The molecule has 0 saturated heterocycles. The Morgan fingerprint density at radius 3 is 2.00 bits per heavy atom. The van der Waals surface area contributed by atoms with Crippen LogP contribution in [0.1, 0.15) is 0 Å². The zero-order chi connectivity index (χ0) is 5.45. The van der Waals surface area contributed by atoms with Crippen molar-refractivity contribution in [3.8, 4) is 0 Å². The third-order valence-corrected chi connectivity index (χ3v) is 0. The van der Waals surface area contributed by atoms with Crippen LogP contribution in [0.3, 0.4) is 0 Å². The molecule has 0 amide bonds. The first-order valence-corrected chi connectivity index (χ1v) is 3.64. The molecule has 0 saturated carbocycles. The molecule has 0 aliphatic rings. The predicted molar refractivity (Wildman–Crippen MR) is 22.8 cm³/mol. The van der Waals surface area contributed by atoms with Gasteiger partial charge in [0, 0.05) is 6.26 Å². The maximum Gasteiger partial charge on any atom is 0.140 e. The van der Waals surface area contributed by atoms with Gasteiger partial charge in [-0.05, 0) is 0 Å². The van der Waals surface area contributed by atoms with Gasteiger partial charge in [0.15, 0.2) is 0 Å². The van der Waals surface area contributed by atoms with Crippen LogP contribution in [-0.4, -0.2) is 19.6 Å². The highest BCUT2D eigenvalue weighted by Gasteiger charge is 2.07. The normalized spacial score (nSPS) is 18.8. The summed E-state index contributed by atoms with van der Waals surface area (Å²) in [6, 6.07) is 0. The summed E-state index contributed by atoms with van der Waals surface area (Å²) in [6.07, 6.45) is 3.11. The van der Waals surface area contributed by atoms with Crippen LogP contribution >= 0.6 is 0 Å². The minimum atomic E-state index is -4.60. The lowest BCUT2D eigenvalue weighted by Gasteiger charge is -2.23. The minimum Gasteiger partial charge on any atom is -0.736 e. The van der Waals surface area contributed by atoms with E-state index < -0.39 is 9.63 Å². The quantitative estimate of drug-likeness (QED) is 0.440. The van der Waals surface area contributed by atoms with E-state index >= 15 is 0 Å². The Morgan fingerprint density at radius 2 is 2.00 bits per heavy atom. The molecule has 0 bridgehead atoms. The first-order chi connectivity index (χ1) is 2.24. The summed E-state index contributed by atoms with van der Waals surface area (Å²) in [5.74, 6) is 0. The van der Waals surface area contributed by atoms with Crippen LogP contribution in [-0.2, 0) is 9.63 Å². The second-order valence-electron chi connectivity index (χ2n) is 1.39. The molecule has 0 aliphatic carbocycles. The average molecular weight is 110 g/mol. The molecular formula is C2H6O3S. The molecule has 6 heavy (non-hydrogen) atoms. The minimum absolute atomic E-state index is 0.650. The van der Waals surface area contributed by atoms with Gasteiger partial charge < -0.3 is 9.11 Å². The molecule has 0 aromatic rings. The van der Waals surface area contributed by atoms with Gasteiger partial charge in [-0.1, -0.05) is 0 Å². The van der Waals surface area contributed by atoms with Crippen LogP contribution in [0.2, 0.25) is 0 Å². The van der Waals surface area contributed by atoms with Crippen LogP contribution in [0.4, 0.5) is 0 Å². The van der Waals surface area contributed by atoms with Gasteiger partial charge in [0.1, 0.15) is 6.26 Å². The van der Waals surface area contributed by atoms with Crippen molar-refractivity contribution in [1.29, 1.82) is 0 Å². The van der Waals surface area contributed by atoms with Gasteiger partial charge in [0.25, 0.3) is 0 Å². The molecule has 0 rings (SSSR count). The lowest BCUT2D eigenvalue weighted by atomic mass is 11.9. The van der Waals surface area contributed by atoms with E-state index in [9.17, 15) is 8.76 Å². The lowest BCUT2D eigenvalue weighted by Crippen LogP contribution is -2.23. The third kappa shape index (κ3) is 9460. The van der Waals surface area contributed by atoms with Crippen molar-refractivity contribution in [1.82, 2.24) is 0 Å². The Bertz CT molecular complexity index is 86.5. The lowest BCUT2D eigenvalue weighted by molar-refractivity contribution is 0.394. The summed E-state index contributed by atoms with van der Waals surface area (Å²) in [5, 5.41) is 0. The molecule has 0 aromatic carbocycles. The van der Waals surface area contributed by atoms with Crippen molar-refractivity contribution in [2.45, 2.75) is 0 Å². The Balaban J connectivity index is 4.16. The first kappa shape index (κ1) is 5.94. The standard InChI is InChI=1S/C2H6O3S/c1-6(2,3,4)5/h1H2,2H3,(H-,3,4,5). The fourth-order valence-corrected chi connectivity index (χ4v) is 0. The van der Waals surface area contributed by atoms with Crippen molar-refractivity contribution >= 4 is 9.63 Å². The van der Waals surface area contributed by atoms with E-state index in [2.05, 4.69) is 6.26 Å². The molecule has 38 valence electrons. The summed E-state index contributed by atoms with van der Waals surface area (Å²) in [5.41, 5.74) is 0. The molecular weight excluding hydrogens is 104 g/mol. The average Bonchev–Trinajstić information content (AvgIpc) is 0.650. The SMILES string of the molecule is [CH2+]S(C)(=O)([O-])O. The van der Waals surface area contributed by atoms with E-state index in [1.807, 2.05) is 0 Å². The van der Waals surface area contributed by atoms with E-state index in [1.54, 1.807) is 0 Å². The summed E-state index contributed by atoms with van der Waals surface area (Å²) in [7, 11) is -4.60. The van der Waals surface area contributed by atoms with E-state index in [1.165, 1.54) is 0 Å². The third-order valence-electron chi connectivity index (χ3n) is 0. The maximum atomic E-state index is 9.68. The predicted octanol–water partition coefficient (Wildman–Crippen LogP) is -0.169. The summed E-state index contributed by atoms with van der Waals surface area (Å²) in [4.78, 5) is 0. The molecule has 0 spiro atoms. The largest absolute Gasteiger partial charge is 0.736 e. The Hall–Kier alpha value is -0.0600. The molecule has 0 aromatic heterocycles. The Kier molecular flexibility index (Phi) is 0.768. The molecule has 3 nitrogen and oxygen atoms in total. The van der Waals surface area contributed by atoms with Gasteiger partial charge in [-0.2, -0.15) is 0 Å². The highest BCUT2D eigenvalue weighted by atomic mass is 32.3. The van der Waals surface area contributed by atoms with Gasteiger partial charge in [-0.25, -0.2) is 4.21 Å². The second kappa shape index (κ2) is 0.776. The van der Waals surface area contributed by atoms with Crippen LogP contribution in [0, 0.1) is 6.26 Å². The fourth-order valence-electron chi connectivity index (χ4n) is 0. The number of hydrogen-bond acceptors (Lipinski definition) is 2. The second-order valence-corrected chi connectivity index (χ2v) is 4.16. The summed E-state index contributed by atoms with van der Waals surface area (Å²) in [6.45, 7) is 0. The van der Waals surface area contributed by atoms with Crippen LogP contribution in [0.15, 0.2) is 0 Å². The molecule has 0 fully saturated rings. The van der Waals surface area contributed by atoms with Crippen LogP contribution in [0.5, 0.6) is 0 Å². The van der Waals surface area contributed by atoms with E-state index in [0.717, 1.165) is 0 Å². The van der Waals surface area contributed by atoms with Gasteiger partial charge in [0.05, 0.1) is 9.63 Å². The number of rotatable bonds is 0. The fraction of sp³-hybridized carbons (Fsp3) is 0.500. The molecule has 0 radical (unpaired) electrons. The number of hydrogen-bond donors (Lipinski definition) is 1. The summed E-state index contributed by atoms with van der Waals surface area (Å²) < 4.78 is 27.2. The van der Waals surface area contributed by atoms with Gasteiger partial charge in [-0.3, -0.25) is 0 Å². The van der Waals surface area contributed by atoms with E-state index in [-0.39, 0.29) is 0 Å². The van der Waals surface area contributed by atoms with Crippen LogP contribution < -0.4 is 0 Å². The molecule has 1 N–H and O–H groups in total. The van der Waals surface area contributed by atoms with Gasteiger partial charge >= 0.3 is 0 Å². The first-order valence-electron chi connectivity index (χ1n) is 1.21. The Labute approximate surface area is 36.4 Å². The van der Waals surface area contributed by atoms with Gasteiger partial charge in [-0.15, -0.1) is 0 Å². The zero-order valence-electron chi connectivity index (χ0n) is 3.38. The van der Waals surface area contributed by atoms with Crippen molar-refractivity contribution in [2.24, 2.45) is 0 Å².